The van der Waals surface area contributed by atoms with Crippen molar-refractivity contribution in [2.75, 3.05) is 0 Å². The smallest absolute Gasteiger partial charge is 0.275 e. The maximum atomic E-state index is 12.9. The van der Waals surface area contributed by atoms with E-state index in [-0.39, 0.29) is 0 Å². The van der Waals surface area contributed by atoms with Crippen LogP contribution < -0.4 is 21.2 Å². The van der Waals surface area contributed by atoms with Crippen LogP contribution in [0.1, 0.15) is 63.7 Å². The van der Waals surface area contributed by atoms with E-state index in [9.17, 15) is 19.2 Å². The minimum absolute atomic E-state index is 0.342. The molecule has 282 valence electrons. The fourth-order valence-corrected chi connectivity index (χ4v) is 9.18. The number of hydrogen-bond acceptors (Lipinski definition) is 8. The first-order valence-electron chi connectivity index (χ1n) is 18.9. The second-order valence-electron chi connectivity index (χ2n) is 14.7. The van der Waals surface area contributed by atoms with Gasteiger partial charge in [-0.1, -0.05) is 97.1 Å². The van der Waals surface area contributed by atoms with Gasteiger partial charge in [-0.25, -0.2) is 21.7 Å². The van der Waals surface area contributed by atoms with Gasteiger partial charge in [-0.2, -0.15) is 0 Å². The summed E-state index contributed by atoms with van der Waals surface area (Å²) in [4.78, 5) is 51.5. The summed E-state index contributed by atoms with van der Waals surface area (Å²) >= 11 is 0. The van der Waals surface area contributed by atoms with Gasteiger partial charge in [0.2, 0.25) is 0 Å². The second kappa shape index (κ2) is 12.5. The van der Waals surface area contributed by atoms with Crippen molar-refractivity contribution in [1.29, 1.82) is 0 Å². The number of benzene rings is 8. The zero-order chi connectivity index (χ0) is 40.2. The van der Waals surface area contributed by atoms with Crippen LogP contribution in [0.4, 0.5) is 0 Å². The number of nitrogens with two attached hydrogens (primary N) is 2. The Hall–Kier alpha value is -7.92. The highest BCUT2D eigenvalue weighted by Crippen LogP contribution is 2.56. The molecule has 8 aromatic carbocycles. The van der Waals surface area contributed by atoms with E-state index in [1.54, 1.807) is 48.5 Å². The van der Waals surface area contributed by atoms with Crippen LogP contribution in [0.15, 0.2) is 158 Å². The Balaban J connectivity index is 0.991. The van der Waals surface area contributed by atoms with Crippen LogP contribution in [0.5, 0.6) is 23.0 Å². The van der Waals surface area contributed by atoms with Gasteiger partial charge in [-0.05, 0) is 94.0 Å². The lowest BCUT2D eigenvalue weighted by atomic mass is 9.68. The average Bonchev–Trinajstić information content (AvgIpc) is 3.58. The Morgan fingerprint density at radius 1 is 0.373 bits per heavy atom. The van der Waals surface area contributed by atoms with Crippen molar-refractivity contribution in [3.05, 3.63) is 202 Å². The number of carbonyl (C=O) groups is 4. The standard InChI is InChI=1S/C49H30N4O6/c50-52-45(54)35-11-5-9-33-41(25-23-37(43(33)35)47(52)56)58-29-19-15-27(16-20-29)49(39-13-3-1-7-31(39)32-8-2-4-14-40(32)49)28-17-21-30(22-18-28)59-42-26-24-38-44-34(42)10-6-12-36(44)46(55)53(51)48(38)57/h1-26H,50-51H2. The van der Waals surface area contributed by atoms with Crippen LogP contribution in [0.2, 0.25) is 0 Å². The highest BCUT2D eigenvalue weighted by Gasteiger charge is 2.46. The van der Waals surface area contributed by atoms with Crippen molar-refractivity contribution in [2.24, 2.45) is 11.7 Å². The summed E-state index contributed by atoms with van der Waals surface area (Å²) in [6, 6.07) is 50.1. The van der Waals surface area contributed by atoms with E-state index in [0.717, 1.165) is 33.4 Å². The fourth-order valence-electron chi connectivity index (χ4n) is 9.18. The molecule has 59 heavy (non-hydrogen) atoms. The molecule has 3 aliphatic rings. The van der Waals surface area contributed by atoms with E-state index in [1.165, 1.54) is 0 Å². The minimum atomic E-state index is -0.714. The molecule has 0 aromatic heterocycles. The quantitative estimate of drug-likeness (QED) is 0.0969. The van der Waals surface area contributed by atoms with E-state index < -0.39 is 29.0 Å². The lowest BCUT2D eigenvalue weighted by Gasteiger charge is -2.34. The van der Waals surface area contributed by atoms with Crippen molar-refractivity contribution in [2.45, 2.75) is 5.41 Å². The lowest BCUT2D eigenvalue weighted by molar-refractivity contribution is 0.0595. The number of nitrogens with zero attached hydrogens (tertiary/aromatic N) is 2. The summed E-state index contributed by atoms with van der Waals surface area (Å²) in [5, 5.41) is 3.58. The first-order chi connectivity index (χ1) is 28.8. The third-order valence-electron chi connectivity index (χ3n) is 11.8. The third kappa shape index (κ3) is 4.75. The molecule has 0 atom stereocenters. The SMILES string of the molecule is NN1C(=O)c2cccc3c(Oc4ccc(C5(c6ccc(Oc7ccc8c9c(cccc79)C(=O)N(N)C8=O)cc6)c6ccccc6-c6ccccc65)cc4)ccc(c23)C1=O. The topological polar surface area (TPSA) is 145 Å². The predicted octanol–water partition coefficient (Wildman–Crippen LogP) is 8.88. The molecule has 4 N–H and O–H groups in total. The highest BCUT2D eigenvalue weighted by molar-refractivity contribution is 6.26. The molecule has 0 saturated heterocycles. The zero-order valence-electron chi connectivity index (χ0n) is 31.0. The summed E-state index contributed by atoms with van der Waals surface area (Å²) in [7, 11) is 0. The summed E-state index contributed by atoms with van der Waals surface area (Å²) in [6.07, 6.45) is 0. The van der Waals surface area contributed by atoms with E-state index >= 15 is 0 Å². The molecule has 0 fully saturated rings. The molecule has 0 bridgehead atoms. The van der Waals surface area contributed by atoms with E-state index in [1.807, 2.05) is 36.4 Å². The minimum Gasteiger partial charge on any atom is -0.457 e. The van der Waals surface area contributed by atoms with Crippen molar-refractivity contribution >= 4 is 45.2 Å². The Morgan fingerprint density at radius 2 is 0.729 bits per heavy atom. The van der Waals surface area contributed by atoms with Crippen LogP contribution >= 0.6 is 0 Å². The normalized spacial score (nSPS) is 14.8. The Kier molecular flexibility index (Phi) is 7.30. The number of rotatable bonds is 6. The highest BCUT2D eigenvalue weighted by atomic mass is 16.5. The maximum Gasteiger partial charge on any atom is 0.275 e. The number of fused-ring (bicyclic) bond motifs is 3. The van der Waals surface area contributed by atoms with Gasteiger partial charge in [0.15, 0.2) is 0 Å². The molecule has 2 heterocycles. The Labute approximate surface area is 336 Å². The van der Waals surface area contributed by atoms with Gasteiger partial charge in [-0.3, -0.25) is 19.2 Å². The Bertz CT molecular complexity index is 2920. The maximum absolute atomic E-state index is 12.9. The van der Waals surface area contributed by atoms with E-state index in [4.69, 9.17) is 21.2 Å². The van der Waals surface area contributed by atoms with Crippen molar-refractivity contribution in [3.63, 3.8) is 0 Å². The number of ether oxygens (including phenoxy) is 2. The van der Waals surface area contributed by atoms with Crippen molar-refractivity contribution in [3.8, 4) is 34.1 Å². The number of amides is 4. The van der Waals surface area contributed by atoms with Gasteiger partial charge in [0, 0.05) is 21.5 Å². The molecular weight excluding hydrogens is 741 g/mol. The summed E-state index contributed by atoms with van der Waals surface area (Å²) in [6.45, 7) is 0. The van der Waals surface area contributed by atoms with Crippen LogP contribution in [0.3, 0.4) is 0 Å². The van der Waals surface area contributed by atoms with Gasteiger partial charge in [0.25, 0.3) is 23.6 Å². The molecule has 2 aliphatic heterocycles. The second-order valence-corrected chi connectivity index (χ2v) is 14.7. The molecule has 0 unspecified atom stereocenters. The van der Waals surface area contributed by atoms with Gasteiger partial charge in [0.1, 0.15) is 23.0 Å². The predicted molar refractivity (Wildman–Crippen MR) is 221 cm³/mol. The summed E-state index contributed by atoms with van der Waals surface area (Å²) < 4.78 is 13.0. The molecular formula is C49H30N4O6. The van der Waals surface area contributed by atoms with Crippen LogP contribution in [-0.4, -0.2) is 33.6 Å². The van der Waals surface area contributed by atoms with Gasteiger partial charge in [-0.15, -0.1) is 0 Å². The fraction of sp³-hybridized carbons (Fsp3) is 0.0204. The third-order valence-corrected chi connectivity index (χ3v) is 11.8. The first-order valence-corrected chi connectivity index (χ1v) is 18.9. The van der Waals surface area contributed by atoms with Crippen LogP contribution in [0, 0.1) is 0 Å². The summed E-state index contributed by atoms with van der Waals surface area (Å²) in [5.41, 5.74) is 7.21. The summed E-state index contributed by atoms with van der Waals surface area (Å²) in [5.74, 6) is 11.5. The molecule has 10 heteroatoms. The monoisotopic (exact) mass is 770 g/mol. The molecule has 0 radical (unpaired) electrons. The van der Waals surface area contributed by atoms with Crippen LogP contribution in [-0.2, 0) is 5.41 Å². The van der Waals surface area contributed by atoms with Crippen LogP contribution in [0.25, 0.3) is 32.7 Å². The number of imide groups is 2. The zero-order valence-corrected chi connectivity index (χ0v) is 31.0. The molecule has 4 amide bonds. The lowest BCUT2D eigenvalue weighted by Crippen LogP contribution is -2.45. The van der Waals surface area contributed by atoms with Crippen molar-refractivity contribution < 1.29 is 28.7 Å². The molecule has 1 aliphatic carbocycles. The molecule has 11 rings (SSSR count). The average molecular weight is 771 g/mol. The van der Waals surface area contributed by atoms with E-state index in [0.29, 0.717) is 76.8 Å². The molecule has 0 saturated carbocycles. The van der Waals surface area contributed by atoms with Gasteiger partial charge >= 0.3 is 0 Å². The van der Waals surface area contributed by atoms with Crippen molar-refractivity contribution in [1.82, 2.24) is 10.0 Å². The van der Waals surface area contributed by atoms with E-state index in [2.05, 4.69) is 72.8 Å². The Morgan fingerprint density at radius 3 is 1.14 bits per heavy atom. The number of hydrogen-bond donors (Lipinski definition) is 2. The largest absolute Gasteiger partial charge is 0.457 e. The number of carbonyl (C=O) groups excluding carboxylic acids is 4. The molecule has 8 aromatic rings. The first kappa shape index (κ1) is 34.3. The molecule has 0 spiro atoms. The molecule has 10 nitrogen and oxygen atoms in total. The van der Waals surface area contributed by atoms with Gasteiger partial charge < -0.3 is 9.47 Å². The number of hydrazine groups is 2. The van der Waals surface area contributed by atoms with Gasteiger partial charge in [0.05, 0.1) is 27.7 Å².